The maximum atomic E-state index is 12.9. The summed E-state index contributed by atoms with van der Waals surface area (Å²) in [7, 11) is 1.56. The molecule has 1 aromatic heterocycles. The van der Waals surface area contributed by atoms with Crippen molar-refractivity contribution in [3.8, 4) is 5.88 Å². The molecule has 5 rings (SSSR count). The minimum atomic E-state index is -4.54. The second-order valence-corrected chi connectivity index (χ2v) is 11.0. The molecular formula is C28H33F3N4O4. The van der Waals surface area contributed by atoms with Crippen molar-refractivity contribution in [1.82, 2.24) is 20.5 Å². The van der Waals surface area contributed by atoms with Gasteiger partial charge in [0.2, 0.25) is 11.8 Å². The fraction of sp³-hybridized carbons (Fsp3) is 0.536. The molecule has 11 heteroatoms. The number of methoxy groups -OCH3 is 1. The lowest BCUT2D eigenvalue weighted by molar-refractivity contribution is -0.137. The van der Waals surface area contributed by atoms with Gasteiger partial charge in [-0.15, -0.1) is 0 Å². The van der Waals surface area contributed by atoms with Gasteiger partial charge in [-0.3, -0.25) is 9.59 Å². The maximum Gasteiger partial charge on any atom is 0.416 e. The number of amides is 2. The van der Waals surface area contributed by atoms with Crippen molar-refractivity contribution in [2.75, 3.05) is 26.7 Å². The number of pyridine rings is 1. The van der Waals surface area contributed by atoms with Crippen molar-refractivity contribution in [2.24, 2.45) is 5.41 Å². The molecule has 2 saturated carbocycles. The topological polar surface area (TPSA) is 104 Å². The number of nitrogens with zero attached hydrogens (tertiary/aromatic N) is 2. The molecule has 1 saturated heterocycles. The van der Waals surface area contributed by atoms with Crippen molar-refractivity contribution in [2.45, 2.75) is 62.4 Å². The lowest BCUT2D eigenvalue weighted by Gasteiger charge is -2.37. The van der Waals surface area contributed by atoms with Gasteiger partial charge in [-0.05, 0) is 62.8 Å². The highest BCUT2D eigenvalue weighted by Gasteiger charge is 2.58. The SMILES string of the molecule is COc1ccc(C2(O)CCC(NC3C[C@]34CCN(C(=O)CNC(=O)c3cccc(C(F)(F)F)c3)C4)CC2)cn1. The first-order chi connectivity index (χ1) is 18.5. The highest BCUT2D eigenvalue weighted by molar-refractivity contribution is 5.96. The van der Waals surface area contributed by atoms with Gasteiger partial charge in [-0.2, -0.15) is 13.2 Å². The number of alkyl halides is 3. The second-order valence-electron chi connectivity index (χ2n) is 11.0. The van der Waals surface area contributed by atoms with Crippen molar-refractivity contribution in [3.05, 3.63) is 59.3 Å². The van der Waals surface area contributed by atoms with Crippen LogP contribution >= 0.6 is 0 Å². The molecule has 2 heterocycles. The fourth-order valence-electron chi connectivity index (χ4n) is 5.96. The second kappa shape index (κ2) is 10.4. The Bertz CT molecular complexity index is 1210. The molecule has 39 heavy (non-hydrogen) atoms. The van der Waals surface area contributed by atoms with Crippen molar-refractivity contribution < 1.29 is 32.6 Å². The molecule has 210 valence electrons. The summed E-state index contributed by atoms with van der Waals surface area (Å²) in [4.78, 5) is 31.0. The number of halogens is 3. The molecule has 0 bridgehead atoms. The number of carbonyl (C=O) groups excluding carboxylic acids is 2. The van der Waals surface area contributed by atoms with Gasteiger partial charge in [-0.1, -0.05) is 6.07 Å². The Kier molecular flexibility index (Phi) is 7.32. The number of hydrogen-bond acceptors (Lipinski definition) is 6. The van der Waals surface area contributed by atoms with Crippen LogP contribution in [-0.4, -0.2) is 65.6 Å². The minimum Gasteiger partial charge on any atom is -0.481 e. The summed E-state index contributed by atoms with van der Waals surface area (Å²) >= 11 is 0. The Morgan fingerprint density at radius 2 is 1.95 bits per heavy atom. The van der Waals surface area contributed by atoms with Crippen LogP contribution in [0.25, 0.3) is 0 Å². The summed E-state index contributed by atoms with van der Waals surface area (Å²) in [6.45, 7) is 0.924. The number of hydrogen-bond donors (Lipinski definition) is 3. The van der Waals surface area contributed by atoms with E-state index in [0.717, 1.165) is 43.4 Å². The summed E-state index contributed by atoms with van der Waals surface area (Å²) in [5, 5.41) is 17.3. The largest absolute Gasteiger partial charge is 0.481 e. The number of rotatable bonds is 7. The third kappa shape index (κ3) is 5.89. The van der Waals surface area contributed by atoms with Crippen molar-refractivity contribution in [1.29, 1.82) is 0 Å². The van der Waals surface area contributed by atoms with Crippen LogP contribution in [0.2, 0.25) is 0 Å². The number of ether oxygens (including phenoxy) is 1. The van der Waals surface area contributed by atoms with E-state index in [0.29, 0.717) is 37.9 Å². The van der Waals surface area contributed by atoms with E-state index in [9.17, 15) is 27.9 Å². The number of benzene rings is 1. The summed E-state index contributed by atoms with van der Waals surface area (Å²) in [5.74, 6) is -0.440. The summed E-state index contributed by atoms with van der Waals surface area (Å²) in [5.41, 5.74) is -1.11. The van der Waals surface area contributed by atoms with Crippen LogP contribution in [0.3, 0.4) is 0 Å². The first-order valence-electron chi connectivity index (χ1n) is 13.2. The molecule has 3 N–H and O–H groups in total. The van der Waals surface area contributed by atoms with E-state index < -0.39 is 23.2 Å². The molecule has 3 aliphatic rings. The van der Waals surface area contributed by atoms with Gasteiger partial charge < -0.3 is 25.4 Å². The number of likely N-dealkylation sites (tertiary alicyclic amines) is 1. The van der Waals surface area contributed by atoms with Crippen LogP contribution in [0.1, 0.15) is 60.0 Å². The third-order valence-electron chi connectivity index (χ3n) is 8.51. The molecule has 2 atom stereocenters. The molecule has 1 spiro atoms. The fourth-order valence-corrected chi connectivity index (χ4v) is 5.96. The third-order valence-corrected chi connectivity index (χ3v) is 8.51. The Labute approximate surface area is 224 Å². The Hall–Kier alpha value is -3.18. The highest BCUT2D eigenvalue weighted by Crippen LogP contribution is 2.53. The van der Waals surface area contributed by atoms with E-state index in [1.807, 2.05) is 6.07 Å². The zero-order valence-corrected chi connectivity index (χ0v) is 21.8. The smallest absolute Gasteiger partial charge is 0.416 e. The van der Waals surface area contributed by atoms with Gasteiger partial charge in [0, 0.05) is 54.0 Å². The monoisotopic (exact) mass is 546 g/mol. The number of aliphatic hydroxyl groups is 1. The summed E-state index contributed by atoms with van der Waals surface area (Å²) < 4.78 is 43.9. The first-order valence-corrected chi connectivity index (χ1v) is 13.2. The molecule has 2 aromatic rings. The predicted molar refractivity (Wildman–Crippen MR) is 136 cm³/mol. The average molecular weight is 547 g/mol. The number of aromatic nitrogens is 1. The molecule has 2 aliphatic carbocycles. The van der Waals surface area contributed by atoms with Gasteiger partial charge in [0.05, 0.1) is 24.8 Å². The first kappa shape index (κ1) is 27.4. The van der Waals surface area contributed by atoms with Crippen LogP contribution in [0.4, 0.5) is 13.2 Å². The summed E-state index contributed by atoms with van der Waals surface area (Å²) in [6.07, 6.45) is 1.90. The van der Waals surface area contributed by atoms with Gasteiger partial charge in [0.25, 0.3) is 5.91 Å². The van der Waals surface area contributed by atoms with E-state index >= 15 is 0 Å². The molecule has 3 fully saturated rings. The Morgan fingerprint density at radius 3 is 2.62 bits per heavy atom. The maximum absolute atomic E-state index is 12.9. The highest BCUT2D eigenvalue weighted by atomic mass is 19.4. The van der Waals surface area contributed by atoms with Gasteiger partial charge >= 0.3 is 6.18 Å². The predicted octanol–water partition coefficient (Wildman–Crippen LogP) is 3.25. The Balaban J connectivity index is 1.07. The van der Waals surface area contributed by atoms with Crippen LogP contribution in [0.5, 0.6) is 5.88 Å². The molecule has 1 aromatic carbocycles. The zero-order chi connectivity index (χ0) is 27.8. The molecule has 8 nitrogen and oxygen atoms in total. The molecule has 0 radical (unpaired) electrons. The normalized spacial score (nSPS) is 28.4. The van der Waals surface area contributed by atoms with E-state index in [2.05, 4.69) is 15.6 Å². The van der Waals surface area contributed by atoms with Crippen molar-refractivity contribution >= 4 is 11.8 Å². The van der Waals surface area contributed by atoms with Gasteiger partial charge in [0.1, 0.15) is 0 Å². The van der Waals surface area contributed by atoms with E-state index in [1.165, 1.54) is 12.1 Å². The average Bonchev–Trinajstić information content (AvgIpc) is 3.40. The van der Waals surface area contributed by atoms with E-state index in [4.69, 9.17) is 4.74 Å². The molecular weight excluding hydrogens is 513 g/mol. The summed E-state index contributed by atoms with van der Waals surface area (Å²) in [6, 6.07) is 8.36. The van der Waals surface area contributed by atoms with Crippen LogP contribution in [0.15, 0.2) is 42.6 Å². The molecule has 1 unspecified atom stereocenters. The number of carbonyl (C=O) groups is 2. The number of nitrogens with one attached hydrogen (secondary N) is 2. The standard InChI is InChI=1S/C28H33F3N4O4/c1-39-23-6-5-20(15-32-23)27(38)9-7-21(8-10-27)34-22-14-26(22)11-12-35(17-26)24(36)16-33-25(37)18-3-2-4-19(13-18)28(29,30)31/h2-6,13,15,21-22,34,38H,7-12,14,16-17H2,1H3,(H,33,37)/t21?,22?,26-,27?/m0/s1. The zero-order valence-electron chi connectivity index (χ0n) is 21.8. The lowest BCUT2D eigenvalue weighted by Crippen LogP contribution is -2.42. The van der Waals surface area contributed by atoms with Crippen molar-refractivity contribution in [3.63, 3.8) is 0 Å². The minimum absolute atomic E-state index is 0.0222. The molecule has 2 amide bonds. The molecule has 1 aliphatic heterocycles. The van der Waals surface area contributed by atoms with Gasteiger partial charge in [-0.25, -0.2) is 4.98 Å². The van der Waals surface area contributed by atoms with E-state index in [-0.39, 0.29) is 29.5 Å². The quantitative estimate of drug-likeness (QED) is 0.493. The van der Waals surface area contributed by atoms with Crippen LogP contribution in [-0.2, 0) is 16.6 Å². The lowest BCUT2D eigenvalue weighted by atomic mass is 9.78. The Morgan fingerprint density at radius 1 is 1.18 bits per heavy atom. The van der Waals surface area contributed by atoms with E-state index in [1.54, 1.807) is 24.3 Å². The van der Waals surface area contributed by atoms with Gasteiger partial charge in [0.15, 0.2) is 0 Å². The van der Waals surface area contributed by atoms with Crippen LogP contribution < -0.4 is 15.4 Å². The van der Waals surface area contributed by atoms with Crippen LogP contribution in [0, 0.1) is 5.41 Å².